The van der Waals surface area contributed by atoms with Gasteiger partial charge in [0.2, 0.25) is 0 Å². The molecule has 0 aliphatic carbocycles. The summed E-state index contributed by atoms with van der Waals surface area (Å²) in [6.45, 7) is 2.78. The lowest BCUT2D eigenvalue weighted by atomic mass is 10.00. The molecule has 3 heteroatoms. The van der Waals surface area contributed by atoms with E-state index in [1.807, 2.05) is 31.2 Å². The van der Waals surface area contributed by atoms with Crippen molar-refractivity contribution >= 4 is 11.6 Å². The van der Waals surface area contributed by atoms with Gasteiger partial charge in [0.1, 0.15) is 0 Å². The van der Waals surface area contributed by atoms with Gasteiger partial charge in [-0.05, 0) is 30.2 Å². The van der Waals surface area contributed by atoms with Crippen LogP contribution in [0.4, 0.5) is 0 Å². The van der Waals surface area contributed by atoms with E-state index in [-0.39, 0.29) is 6.04 Å². The zero-order chi connectivity index (χ0) is 10.8. The van der Waals surface area contributed by atoms with Gasteiger partial charge in [-0.15, -0.1) is 0 Å². The van der Waals surface area contributed by atoms with Gasteiger partial charge in [0.25, 0.3) is 0 Å². The standard InChI is InChI=1S/C12H11ClN2/c1-8-7-15-12(11(8)6-14)9-2-4-10(13)5-3-9/h2-5,12,15H,7H2,1H3/t12-/m1/s1. The first-order valence-corrected chi connectivity index (χ1v) is 5.19. The summed E-state index contributed by atoms with van der Waals surface area (Å²) in [5, 5.41) is 13.1. The number of benzene rings is 1. The highest BCUT2D eigenvalue weighted by Crippen LogP contribution is 2.29. The van der Waals surface area contributed by atoms with Gasteiger partial charge in [-0.25, -0.2) is 0 Å². The number of hydrogen-bond acceptors (Lipinski definition) is 2. The summed E-state index contributed by atoms with van der Waals surface area (Å²) in [5.74, 6) is 0. The van der Waals surface area contributed by atoms with Gasteiger partial charge in [-0.2, -0.15) is 5.26 Å². The molecule has 1 atom stereocenters. The molecular formula is C12H11ClN2. The number of nitrogens with zero attached hydrogens (tertiary/aromatic N) is 1. The highest BCUT2D eigenvalue weighted by atomic mass is 35.5. The first-order chi connectivity index (χ1) is 7.22. The van der Waals surface area contributed by atoms with Crippen molar-refractivity contribution in [2.24, 2.45) is 0 Å². The molecular weight excluding hydrogens is 208 g/mol. The third kappa shape index (κ3) is 1.90. The third-order valence-corrected chi connectivity index (χ3v) is 2.90. The van der Waals surface area contributed by atoms with Crippen LogP contribution in [0.25, 0.3) is 0 Å². The summed E-state index contributed by atoms with van der Waals surface area (Å²) in [6.07, 6.45) is 0. The zero-order valence-corrected chi connectivity index (χ0v) is 9.17. The van der Waals surface area contributed by atoms with E-state index in [9.17, 15) is 0 Å². The van der Waals surface area contributed by atoms with Crippen molar-refractivity contribution in [2.75, 3.05) is 6.54 Å². The molecule has 15 heavy (non-hydrogen) atoms. The first-order valence-electron chi connectivity index (χ1n) is 4.81. The lowest BCUT2D eigenvalue weighted by Gasteiger charge is -2.11. The first kappa shape index (κ1) is 10.2. The average molecular weight is 219 g/mol. The average Bonchev–Trinajstić information content (AvgIpc) is 2.61. The Kier molecular flexibility index (Phi) is 2.77. The van der Waals surface area contributed by atoms with Crippen LogP contribution in [0.3, 0.4) is 0 Å². The summed E-state index contributed by atoms with van der Waals surface area (Å²) in [4.78, 5) is 0. The fourth-order valence-corrected chi connectivity index (χ4v) is 1.92. The lowest BCUT2D eigenvalue weighted by Crippen LogP contribution is -2.16. The molecule has 0 saturated heterocycles. The molecule has 0 spiro atoms. The van der Waals surface area contributed by atoms with E-state index in [0.29, 0.717) is 0 Å². The Hall–Kier alpha value is -1.30. The van der Waals surface area contributed by atoms with E-state index in [0.717, 1.165) is 28.3 Å². The Bertz CT molecular complexity index is 440. The Morgan fingerprint density at radius 2 is 2.07 bits per heavy atom. The SMILES string of the molecule is CC1=C(C#N)[C@@H](c2ccc(Cl)cc2)NC1. The topological polar surface area (TPSA) is 35.8 Å². The molecule has 2 rings (SSSR count). The summed E-state index contributed by atoms with van der Waals surface area (Å²) < 4.78 is 0. The quantitative estimate of drug-likeness (QED) is 0.787. The normalized spacial score (nSPS) is 20.5. The Balaban J connectivity index is 2.34. The molecule has 0 radical (unpaired) electrons. The van der Waals surface area contributed by atoms with Gasteiger partial charge in [-0.1, -0.05) is 23.7 Å². The highest BCUT2D eigenvalue weighted by Gasteiger charge is 2.23. The van der Waals surface area contributed by atoms with Crippen LogP contribution in [0.15, 0.2) is 35.4 Å². The highest BCUT2D eigenvalue weighted by molar-refractivity contribution is 6.30. The molecule has 0 aromatic heterocycles. The maximum atomic E-state index is 9.05. The fourth-order valence-electron chi connectivity index (χ4n) is 1.80. The maximum absolute atomic E-state index is 9.05. The van der Waals surface area contributed by atoms with E-state index in [1.54, 1.807) is 0 Å². The molecule has 0 unspecified atom stereocenters. The maximum Gasteiger partial charge on any atom is 0.0967 e. The molecule has 1 aromatic carbocycles. The predicted molar refractivity (Wildman–Crippen MR) is 60.5 cm³/mol. The summed E-state index contributed by atoms with van der Waals surface area (Å²) in [7, 11) is 0. The number of rotatable bonds is 1. The van der Waals surface area contributed by atoms with Crippen molar-refractivity contribution in [3.8, 4) is 6.07 Å². The molecule has 0 saturated carbocycles. The molecule has 0 amide bonds. The molecule has 0 bridgehead atoms. The van der Waals surface area contributed by atoms with Crippen molar-refractivity contribution in [3.63, 3.8) is 0 Å². The van der Waals surface area contributed by atoms with E-state index in [2.05, 4.69) is 11.4 Å². The number of hydrogen-bond donors (Lipinski definition) is 1. The molecule has 1 aromatic rings. The second-order valence-electron chi connectivity index (χ2n) is 3.67. The number of nitriles is 1. The van der Waals surface area contributed by atoms with Gasteiger partial charge in [0.05, 0.1) is 17.7 Å². The molecule has 1 aliphatic heterocycles. The minimum absolute atomic E-state index is 0.0345. The van der Waals surface area contributed by atoms with Crippen LogP contribution in [-0.4, -0.2) is 6.54 Å². The Morgan fingerprint density at radius 1 is 1.40 bits per heavy atom. The van der Waals surface area contributed by atoms with Crippen molar-refractivity contribution in [1.82, 2.24) is 5.32 Å². The van der Waals surface area contributed by atoms with Crippen LogP contribution in [0.2, 0.25) is 5.02 Å². The molecule has 1 aliphatic rings. The van der Waals surface area contributed by atoms with E-state index in [1.165, 1.54) is 0 Å². The van der Waals surface area contributed by atoms with Crippen LogP contribution in [0.1, 0.15) is 18.5 Å². The monoisotopic (exact) mass is 218 g/mol. The van der Waals surface area contributed by atoms with Gasteiger partial charge >= 0.3 is 0 Å². The van der Waals surface area contributed by atoms with E-state index < -0.39 is 0 Å². The second kappa shape index (κ2) is 4.06. The van der Waals surface area contributed by atoms with Crippen molar-refractivity contribution in [1.29, 1.82) is 5.26 Å². The van der Waals surface area contributed by atoms with Crippen LogP contribution in [-0.2, 0) is 0 Å². The van der Waals surface area contributed by atoms with E-state index >= 15 is 0 Å². The molecule has 2 nitrogen and oxygen atoms in total. The number of halogens is 1. The second-order valence-corrected chi connectivity index (χ2v) is 4.11. The molecule has 1 heterocycles. The summed E-state index contributed by atoms with van der Waals surface area (Å²) in [5.41, 5.74) is 3.04. The van der Waals surface area contributed by atoms with Crippen LogP contribution >= 0.6 is 11.6 Å². The van der Waals surface area contributed by atoms with Gasteiger partial charge in [0, 0.05) is 11.6 Å². The van der Waals surface area contributed by atoms with Crippen LogP contribution < -0.4 is 5.32 Å². The zero-order valence-electron chi connectivity index (χ0n) is 8.42. The summed E-state index contributed by atoms with van der Waals surface area (Å²) in [6, 6.07) is 9.90. The molecule has 76 valence electrons. The number of nitrogens with one attached hydrogen (secondary N) is 1. The van der Waals surface area contributed by atoms with Crippen LogP contribution in [0.5, 0.6) is 0 Å². The van der Waals surface area contributed by atoms with Gasteiger partial charge in [0.15, 0.2) is 0 Å². The Labute approximate surface area is 94.2 Å². The minimum Gasteiger partial charge on any atom is -0.302 e. The molecule has 0 fully saturated rings. The van der Waals surface area contributed by atoms with E-state index in [4.69, 9.17) is 16.9 Å². The van der Waals surface area contributed by atoms with Gasteiger partial charge < -0.3 is 5.32 Å². The third-order valence-electron chi connectivity index (χ3n) is 2.64. The van der Waals surface area contributed by atoms with Crippen molar-refractivity contribution in [3.05, 3.63) is 46.0 Å². The minimum atomic E-state index is 0.0345. The van der Waals surface area contributed by atoms with Crippen LogP contribution in [0, 0.1) is 11.3 Å². The van der Waals surface area contributed by atoms with Crippen molar-refractivity contribution in [2.45, 2.75) is 13.0 Å². The summed E-state index contributed by atoms with van der Waals surface area (Å²) >= 11 is 5.82. The van der Waals surface area contributed by atoms with Crippen molar-refractivity contribution < 1.29 is 0 Å². The lowest BCUT2D eigenvalue weighted by molar-refractivity contribution is 0.695. The Morgan fingerprint density at radius 3 is 2.67 bits per heavy atom. The van der Waals surface area contributed by atoms with Gasteiger partial charge in [-0.3, -0.25) is 0 Å². The fraction of sp³-hybridized carbons (Fsp3) is 0.250. The smallest absolute Gasteiger partial charge is 0.0967 e. The molecule has 1 N–H and O–H groups in total. The largest absolute Gasteiger partial charge is 0.302 e. The predicted octanol–water partition coefficient (Wildman–Crippen LogP) is 2.82.